The lowest BCUT2D eigenvalue weighted by Crippen LogP contribution is -2.37. The molecule has 2 saturated carbocycles. The first-order chi connectivity index (χ1) is 15.1. The van der Waals surface area contributed by atoms with Crippen LogP contribution < -0.4 is 10.9 Å². The van der Waals surface area contributed by atoms with Crippen molar-refractivity contribution in [3.8, 4) is 11.3 Å². The molecule has 1 aromatic carbocycles. The molecule has 0 aliphatic heterocycles. The summed E-state index contributed by atoms with van der Waals surface area (Å²) in [4.78, 5) is 28.8. The van der Waals surface area contributed by atoms with Gasteiger partial charge < -0.3 is 10.3 Å². The lowest BCUT2D eigenvalue weighted by molar-refractivity contribution is -0.0865. The summed E-state index contributed by atoms with van der Waals surface area (Å²) in [5, 5.41) is 7.97. The zero-order valence-corrected chi connectivity index (χ0v) is 18.6. The molecule has 2 N–H and O–H groups in total. The molecule has 2 aromatic heterocycles. The summed E-state index contributed by atoms with van der Waals surface area (Å²) < 4.78 is 28.6. The molecule has 32 heavy (non-hydrogen) atoms. The van der Waals surface area contributed by atoms with E-state index in [1.807, 2.05) is 6.92 Å². The molecule has 168 valence electrons. The second-order valence-electron chi connectivity index (χ2n) is 8.74. The number of nitrogens with zero attached hydrogens (tertiary/aromatic N) is 2. The van der Waals surface area contributed by atoms with E-state index in [0.717, 1.165) is 12.8 Å². The molecule has 2 aliphatic rings. The highest BCUT2D eigenvalue weighted by atomic mass is 35.5. The molecule has 6 nitrogen and oxygen atoms in total. The second-order valence-corrected chi connectivity index (χ2v) is 9.56. The summed E-state index contributed by atoms with van der Waals surface area (Å²) >= 11 is 12.1. The highest BCUT2D eigenvalue weighted by Crippen LogP contribution is 2.50. The number of aromatic amines is 1. The number of rotatable bonds is 5. The van der Waals surface area contributed by atoms with Gasteiger partial charge in [-0.15, -0.1) is 0 Å². The van der Waals surface area contributed by atoms with Crippen molar-refractivity contribution in [1.29, 1.82) is 0 Å². The SMILES string of the molecule is C[C@H](NC(=O)c1nn2cc(-c3ccc(Cl)c(Cl)c3)[nH]c(=O)c2c1C1CC(F)(F)C1)C1CC1. The number of fused-ring (bicyclic) bond motifs is 1. The first kappa shape index (κ1) is 21.4. The summed E-state index contributed by atoms with van der Waals surface area (Å²) in [6, 6.07) is 4.84. The molecule has 0 bridgehead atoms. The number of aromatic nitrogens is 3. The van der Waals surface area contributed by atoms with Crippen LogP contribution in [0.15, 0.2) is 29.2 Å². The van der Waals surface area contributed by atoms with Gasteiger partial charge in [-0.1, -0.05) is 29.3 Å². The van der Waals surface area contributed by atoms with E-state index in [4.69, 9.17) is 23.2 Å². The van der Waals surface area contributed by atoms with Crippen LogP contribution >= 0.6 is 23.2 Å². The fraction of sp³-hybridized carbons (Fsp3) is 0.409. The first-order valence-electron chi connectivity index (χ1n) is 10.4. The minimum Gasteiger partial charge on any atom is -0.348 e. The van der Waals surface area contributed by atoms with Crippen molar-refractivity contribution in [2.24, 2.45) is 5.92 Å². The summed E-state index contributed by atoms with van der Waals surface area (Å²) in [7, 11) is 0. The molecule has 0 spiro atoms. The number of nitrogens with one attached hydrogen (secondary N) is 2. The predicted molar refractivity (Wildman–Crippen MR) is 118 cm³/mol. The molecule has 2 aliphatic carbocycles. The summed E-state index contributed by atoms with van der Waals surface area (Å²) in [5.74, 6) is -3.46. The monoisotopic (exact) mass is 480 g/mol. The van der Waals surface area contributed by atoms with E-state index < -0.39 is 36.1 Å². The zero-order valence-electron chi connectivity index (χ0n) is 17.1. The maximum absolute atomic E-state index is 13.7. The number of hydrogen-bond donors (Lipinski definition) is 2. The Hall–Kier alpha value is -2.45. The third-order valence-corrected chi connectivity index (χ3v) is 7.03. The molecule has 10 heteroatoms. The summed E-state index contributed by atoms with van der Waals surface area (Å²) in [6.07, 6.45) is 2.81. The summed E-state index contributed by atoms with van der Waals surface area (Å²) in [6.45, 7) is 1.91. The van der Waals surface area contributed by atoms with E-state index in [1.54, 1.807) is 24.4 Å². The van der Waals surface area contributed by atoms with Gasteiger partial charge in [-0.3, -0.25) is 9.59 Å². The number of hydrogen-bond acceptors (Lipinski definition) is 3. The Kier molecular flexibility index (Phi) is 5.05. The second kappa shape index (κ2) is 7.56. The van der Waals surface area contributed by atoms with Crippen molar-refractivity contribution in [3.63, 3.8) is 0 Å². The molecule has 5 rings (SSSR count). The number of alkyl halides is 2. The van der Waals surface area contributed by atoms with Crippen molar-refractivity contribution in [2.75, 3.05) is 0 Å². The minimum atomic E-state index is -2.80. The van der Waals surface area contributed by atoms with Crippen LogP contribution in [0, 0.1) is 5.92 Å². The maximum atomic E-state index is 13.7. The molecule has 2 heterocycles. The van der Waals surface area contributed by atoms with Crippen molar-refractivity contribution in [3.05, 3.63) is 56.1 Å². The molecular formula is C22H20Cl2F2N4O2. The van der Waals surface area contributed by atoms with Gasteiger partial charge in [0.05, 0.1) is 21.9 Å². The van der Waals surface area contributed by atoms with Gasteiger partial charge in [0, 0.05) is 35.9 Å². The van der Waals surface area contributed by atoms with E-state index in [2.05, 4.69) is 15.4 Å². The van der Waals surface area contributed by atoms with Crippen molar-refractivity contribution in [2.45, 2.75) is 50.5 Å². The van der Waals surface area contributed by atoms with Crippen LogP contribution in [0.1, 0.15) is 54.6 Å². The quantitative estimate of drug-likeness (QED) is 0.536. The molecule has 0 radical (unpaired) electrons. The fourth-order valence-electron chi connectivity index (χ4n) is 4.32. The fourth-order valence-corrected chi connectivity index (χ4v) is 4.62. The Bertz CT molecular complexity index is 1290. The normalized spacial score (nSPS) is 19.0. The van der Waals surface area contributed by atoms with E-state index in [-0.39, 0.29) is 22.8 Å². The molecule has 1 amide bonds. The highest BCUT2D eigenvalue weighted by Gasteiger charge is 2.48. The molecule has 2 fully saturated rings. The third kappa shape index (κ3) is 3.79. The number of carbonyl (C=O) groups excluding carboxylic acids is 1. The van der Waals surface area contributed by atoms with Gasteiger partial charge in [-0.05, 0) is 37.8 Å². The van der Waals surface area contributed by atoms with Crippen LogP contribution in [0.5, 0.6) is 0 Å². The van der Waals surface area contributed by atoms with Crippen molar-refractivity contribution in [1.82, 2.24) is 19.9 Å². The van der Waals surface area contributed by atoms with E-state index in [9.17, 15) is 18.4 Å². The number of amides is 1. The van der Waals surface area contributed by atoms with Crippen LogP contribution in [0.25, 0.3) is 16.8 Å². The third-order valence-electron chi connectivity index (χ3n) is 6.29. The largest absolute Gasteiger partial charge is 0.348 e. The number of H-pyrrole nitrogens is 1. The maximum Gasteiger partial charge on any atom is 0.274 e. The van der Waals surface area contributed by atoms with Gasteiger partial charge in [0.15, 0.2) is 5.69 Å². The molecule has 0 saturated heterocycles. The Morgan fingerprint density at radius 1 is 1.28 bits per heavy atom. The molecular weight excluding hydrogens is 461 g/mol. The Morgan fingerprint density at radius 2 is 2.00 bits per heavy atom. The van der Waals surface area contributed by atoms with E-state index in [1.165, 1.54) is 4.52 Å². The highest BCUT2D eigenvalue weighted by molar-refractivity contribution is 6.42. The standard InChI is InChI=1S/C22H20Cl2F2N4O2/c1-10(11-2-3-11)27-20(31)18-17(13-7-22(25,26)8-13)19-21(32)28-16(9-30(19)29-18)12-4-5-14(23)15(24)6-12/h4-6,9-11,13H,2-3,7-8H2,1H3,(H,27,31)(H,28,32)/t10-/m0/s1. The lowest BCUT2D eigenvalue weighted by Gasteiger charge is -2.34. The van der Waals surface area contributed by atoms with E-state index >= 15 is 0 Å². The Balaban J connectivity index is 1.61. The topological polar surface area (TPSA) is 79.3 Å². The van der Waals surface area contributed by atoms with E-state index in [0.29, 0.717) is 27.2 Å². The van der Waals surface area contributed by atoms with Crippen LogP contribution in [0.3, 0.4) is 0 Å². The Morgan fingerprint density at radius 3 is 2.62 bits per heavy atom. The number of carbonyl (C=O) groups is 1. The number of halogens is 4. The molecule has 3 aromatic rings. The average Bonchev–Trinajstić information content (AvgIpc) is 3.48. The smallest absolute Gasteiger partial charge is 0.274 e. The zero-order chi connectivity index (χ0) is 22.8. The van der Waals surface area contributed by atoms with Gasteiger partial charge in [-0.2, -0.15) is 5.10 Å². The molecule has 1 atom stereocenters. The summed E-state index contributed by atoms with van der Waals surface area (Å²) in [5.41, 5.74) is 0.901. The van der Waals surface area contributed by atoms with Gasteiger partial charge >= 0.3 is 0 Å². The molecule has 0 unspecified atom stereocenters. The van der Waals surface area contributed by atoms with Crippen LogP contribution in [-0.2, 0) is 0 Å². The van der Waals surface area contributed by atoms with Gasteiger partial charge in [0.25, 0.3) is 11.5 Å². The first-order valence-corrected chi connectivity index (χ1v) is 11.2. The Labute approximate surface area is 191 Å². The number of benzene rings is 1. The van der Waals surface area contributed by atoms with Crippen molar-refractivity contribution >= 4 is 34.6 Å². The van der Waals surface area contributed by atoms with Gasteiger partial charge in [0.2, 0.25) is 5.92 Å². The van der Waals surface area contributed by atoms with Crippen LogP contribution in [0.4, 0.5) is 8.78 Å². The predicted octanol–water partition coefficient (Wildman–Crippen LogP) is 5.04. The average molecular weight is 481 g/mol. The van der Waals surface area contributed by atoms with Gasteiger partial charge in [0.1, 0.15) is 5.52 Å². The van der Waals surface area contributed by atoms with Crippen LogP contribution in [0.2, 0.25) is 10.0 Å². The lowest BCUT2D eigenvalue weighted by atomic mass is 9.76. The van der Waals surface area contributed by atoms with Crippen LogP contribution in [-0.4, -0.2) is 32.5 Å². The minimum absolute atomic E-state index is 0.0230. The van der Waals surface area contributed by atoms with Gasteiger partial charge in [-0.25, -0.2) is 13.3 Å². The van der Waals surface area contributed by atoms with Crippen molar-refractivity contribution < 1.29 is 13.6 Å².